The van der Waals surface area contributed by atoms with Gasteiger partial charge in [-0.15, -0.1) is 5.10 Å². The number of rotatable bonds is 7. The summed E-state index contributed by atoms with van der Waals surface area (Å²) in [6.07, 6.45) is 0.955. The number of para-hydroxylation sites is 1. The van der Waals surface area contributed by atoms with Crippen LogP contribution in [0.5, 0.6) is 5.75 Å². The number of hydrogen-bond donors (Lipinski definition) is 2. The zero-order valence-electron chi connectivity index (χ0n) is 15.7. The van der Waals surface area contributed by atoms with E-state index in [1.54, 1.807) is 30.3 Å². The van der Waals surface area contributed by atoms with Crippen LogP contribution in [-0.2, 0) is 19.7 Å². The second-order valence-electron chi connectivity index (χ2n) is 6.23. The van der Waals surface area contributed by atoms with Crippen molar-refractivity contribution in [2.45, 2.75) is 23.5 Å². The Balaban J connectivity index is 1.75. The van der Waals surface area contributed by atoms with Gasteiger partial charge in [-0.3, -0.25) is 9.59 Å². The van der Waals surface area contributed by atoms with E-state index in [0.717, 1.165) is 17.3 Å². The first kappa shape index (κ1) is 21.5. The largest absolute Gasteiger partial charge is 0.481 e. The van der Waals surface area contributed by atoms with Crippen molar-refractivity contribution in [1.82, 2.24) is 5.32 Å². The molecular weight excluding hydrogens is 430 g/mol. The highest BCUT2D eigenvalue weighted by Gasteiger charge is 2.32. The Kier molecular flexibility index (Phi) is 6.53. The molecule has 1 amide bonds. The molecule has 0 bridgehead atoms. The maximum Gasteiger partial charge on any atom is 0.339 e. The first-order valence-electron chi connectivity index (χ1n) is 8.65. The average molecular weight is 447 g/mol. The molecule has 1 aliphatic rings. The lowest BCUT2D eigenvalue weighted by Crippen LogP contribution is -2.26. The molecule has 0 spiro atoms. The van der Waals surface area contributed by atoms with Gasteiger partial charge >= 0.3 is 16.1 Å². The number of nitrogens with one attached hydrogen (secondary N) is 1. The van der Waals surface area contributed by atoms with E-state index in [-0.39, 0.29) is 22.2 Å². The summed E-state index contributed by atoms with van der Waals surface area (Å²) in [4.78, 5) is 22.5. The average Bonchev–Trinajstić information content (AvgIpc) is 3.02. The van der Waals surface area contributed by atoms with Crippen molar-refractivity contribution in [2.75, 3.05) is 0 Å². The van der Waals surface area contributed by atoms with Crippen LogP contribution in [0.25, 0.3) is 0 Å². The van der Waals surface area contributed by atoms with Gasteiger partial charge in [0.05, 0.1) is 12.6 Å². The molecule has 0 aromatic heterocycles. The number of carboxylic acid groups (broad SMARTS) is 1. The predicted octanol–water partition coefficient (Wildman–Crippen LogP) is 2.16. The summed E-state index contributed by atoms with van der Waals surface area (Å²) in [6.45, 7) is 1.85. The van der Waals surface area contributed by atoms with E-state index in [1.165, 1.54) is 24.4 Å². The number of aryl methyl sites for hydroxylation is 1. The first-order chi connectivity index (χ1) is 14.2. The topological polar surface area (TPSA) is 134 Å². The quantitative estimate of drug-likeness (QED) is 0.377. The Labute approximate surface area is 177 Å². The Morgan fingerprint density at radius 1 is 1.23 bits per heavy atom. The first-order valence-corrected chi connectivity index (χ1v) is 10.9. The minimum Gasteiger partial charge on any atom is -0.481 e. The lowest BCUT2D eigenvalue weighted by molar-refractivity contribution is -0.138. The Bertz CT molecular complexity index is 1130. The number of benzene rings is 2. The highest BCUT2D eigenvalue weighted by atomic mass is 32.2. The van der Waals surface area contributed by atoms with E-state index in [0.29, 0.717) is 5.56 Å². The third kappa shape index (κ3) is 5.45. The Morgan fingerprint density at radius 3 is 2.63 bits per heavy atom. The maximum atomic E-state index is 12.5. The van der Waals surface area contributed by atoms with Crippen LogP contribution in [0, 0.1) is 6.92 Å². The fourth-order valence-corrected chi connectivity index (χ4v) is 4.29. The second-order valence-corrected chi connectivity index (χ2v) is 8.97. The third-order valence-corrected chi connectivity index (χ3v) is 6.23. The van der Waals surface area contributed by atoms with Gasteiger partial charge in [-0.25, -0.2) is 0 Å². The Morgan fingerprint density at radius 2 is 1.93 bits per heavy atom. The number of carboxylic acids is 1. The molecule has 1 atom stereocenters. The lowest BCUT2D eigenvalue weighted by Gasteiger charge is -2.09. The van der Waals surface area contributed by atoms with Crippen LogP contribution >= 0.6 is 11.8 Å². The Hall–Kier alpha value is -3.18. The van der Waals surface area contributed by atoms with E-state index in [2.05, 4.69) is 15.5 Å². The molecule has 1 fully saturated rings. The summed E-state index contributed by atoms with van der Waals surface area (Å²) in [6, 6.07) is 12.6. The van der Waals surface area contributed by atoms with Crippen molar-refractivity contribution in [3.63, 3.8) is 0 Å². The SMILES string of the molecule is Cc1ccc(S(=O)(=O)Oc2ccccc2/C=N\N=C2\NC(=O)[C@@H](CC(=O)O)S2)cc1. The van der Waals surface area contributed by atoms with E-state index >= 15 is 0 Å². The fourth-order valence-electron chi connectivity index (χ4n) is 2.42. The monoisotopic (exact) mass is 447 g/mol. The van der Waals surface area contributed by atoms with Crippen molar-refractivity contribution < 1.29 is 27.3 Å². The normalized spacial score (nSPS) is 18.0. The summed E-state index contributed by atoms with van der Waals surface area (Å²) < 4.78 is 30.3. The van der Waals surface area contributed by atoms with Gasteiger partial charge in [0.1, 0.15) is 10.1 Å². The van der Waals surface area contributed by atoms with E-state index < -0.39 is 27.2 Å². The standard InChI is InChI=1S/C19H17N3O6S2/c1-12-6-8-14(9-7-12)30(26,27)28-15-5-3-2-4-13(15)11-20-22-19-21-18(25)16(29-19)10-17(23)24/h2-9,11,16H,10H2,1H3,(H,23,24)(H,21,22,25)/b20-11-/t16-/m1/s1. The molecule has 1 heterocycles. The van der Waals surface area contributed by atoms with Crippen LogP contribution in [0.1, 0.15) is 17.5 Å². The lowest BCUT2D eigenvalue weighted by atomic mass is 10.2. The van der Waals surface area contributed by atoms with Gasteiger partial charge in [0.25, 0.3) is 0 Å². The molecule has 0 saturated carbocycles. The number of amidine groups is 1. The van der Waals surface area contributed by atoms with Gasteiger partial charge in [-0.1, -0.05) is 41.6 Å². The van der Waals surface area contributed by atoms with Crippen LogP contribution in [0.15, 0.2) is 63.6 Å². The van der Waals surface area contributed by atoms with Gasteiger partial charge in [-0.05, 0) is 31.2 Å². The second kappa shape index (κ2) is 9.09. The van der Waals surface area contributed by atoms with Crippen LogP contribution in [0.3, 0.4) is 0 Å². The van der Waals surface area contributed by atoms with Crippen molar-refractivity contribution in [3.05, 3.63) is 59.7 Å². The molecule has 2 N–H and O–H groups in total. The minimum atomic E-state index is -4.03. The molecule has 2 aromatic carbocycles. The minimum absolute atomic E-state index is 0.0228. The fraction of sp³-hybridized carbons (Fsp3) is 0.158. The predicted molar refractivity (Wildman–Crippen MR) is 112 cm³/mol. The number of nitrogens with zero attached hydrogens (tertiary/aromatic N) is 2. The molecular formula is C19H17N3O6S2. The molecule has 0 aliphatic carbocycles. The summed E-state index contributed by atoms with van der Waals surface area (Å²) in [5, 5.41) is 18.3. The van der Waals surface area contributed by atoms with Crippen molar-refractivity contribution in [1.29, 1.82) is 0 Å². The molecule has 3 rings (SSSR count). The van der Waals surface area contributed by atoms with Crippen molar-refractivity contribution in [2.24, 2.45) is 10.2 Å². The van der Waals surface area contributed by atoms with E-state index in [1.807, 2.05) is 6.92 Å². The highest BCUT2D eigenvalue weighted by Crippen LogP contribution is 2.24. The molecule has 1 saturated heterocycles. The number of aliphatic carboxylic acids is 1. The van der Waals surface area contributed by atoms with Gasteiger partial charge in [0, 0.05) is 5.56 Å². The molecule has 1 aliphatic heterocycles. The number of carbonyl (C=O) groups excluding carboxylic acids is 1. The highest BCUT2D eigenvalue weighted by molar-refractivity contribution is 8.15. The summed E-state index contributed by atoms with van der Waals surface area (Å²) in [5.74, 6) is -1.48. The van der Waals surface area contributed by atoms with E-state index in [4.69, 9.17) is 9.29 Å². The zero-order valence-corrected chi connectivity index (χ0v) is 17.3. The van der Waals surface area contributed by atoms with Gasteiger partial charge in [0.15, 0.2) is 10.9 Å². The summed E-state index contributed by atoms with van der Waals surface area (Å²) in [5.41, 5.74) is 1.28. The molecule has 30 heavy (non-hydrogen) atoms. The number of carbonyl (C=O) groups is 2. The smallest absolute Gasteiger partial charge is 0.339 e. The molecule has 11 heteroatoms. The summed E-state index contributed by atoms with van der Waals surface area (Å²) >= 11 is 0.962. The third-order valence-electron chi connectivity index (χ3n) is 3.91. The van der Waals surface area contributed by atoms with Gasteiger partial charge in [-0.2, -0.15) is 13.5 Å². The molecule has 0 radical (unpaired) electrons. The van der Waals surface area contributed by atoms with Crippen LogP contribution in [-0.4, -0.2) is 42.0 Å². The molecule has 9 nitrogen and oxygen atoms in total. The van der Waals surface area contributed by atoms with Crippen LogP contribution < -0.4 is 9.50 Å². The van der Waals surface area contributed by atoms with Gasteiger partial charge < -0.3 is 14.6 Å². The van der Waals surface area contributed by atoms with Crippen molar-refractivity contribution >= 4 is 45.1 Å². The maximum absolute atomic E-state index is 12.5. The van der Waals surface area contributed by atoms with E-state index in [9.17, 15) is 18.0 Å². The zero-order chi connectivity index (χ0) is 21.7. The molecule has 0 unspecified atom stereocenters. The van der Waals surface area contributed by atoms with Crippen LogP contribution in [0.2, 0.25) is 0 Å². The number of thioether (sulfide) groups is 1. The van der Waals surface area contributed by atoms with Gasteiger partial charge in [0.2, 0.25) is 5.91 Å². The van der Waals surface area contributed by atoms with Crippen molar-refractivity contribution in [3.8, 4) is 5.75 Å². The van der Waals surface area contributed by atoms with Crippen LogP contribution in [0.4, 0.5) is 0 Å². The summed E-state index contributed by atoms with van der Waals surface area (Å²) in [7, 11) is -4.03. The number of amides is 1. The number of hydrogen-bond acceptors (Lipinski definition) is 8. The molecule has 2 aromatic rings. The molecule has 156 valence electrons.